The van der Waals surface area contributed by atoms with E-state index in [2.05, 4.69) is 15.7 Å². The molecule has 152 valence electrons. The smallest absolute Gasteiger partial charge is 0.248 e. The Morgan fingerprint density at radius 3 is 2.52 bits per heavy atom. The normalized spacial score (nSPS) is 12.0. The van der Waals surface area contributed by atoms with Crippen LogP contribution >= 0.6 is 0 Å². The Balaban J connectivity index is 1.64. The summed E-state index contributed by atoms with van der Waals surface area (Å²) in [5.74, 6) is 1.58. The third kappa shape index (κ3) is 5.57. The van der Waals surface area contributed by atoms with E-state index in [1.165, 1.54) is 0 Å². The number of carbonyl (C=O) groups excluding carboxylic acids is 2. The second-order valence-corrected chi connectivity index (χ2v) is 7.33. The lowest BCUT2D eigenvalue weighted by molar-refractivity contribution is -0.127. The summed E-state index contributed by atoms with van der Waals surface area (Å²) in [6.45, 7) is 6.08. The largest absolute Gasteiger partial charge is 0.464 e. The van der Waals surface area contributed by atoms with Crippen LogP contribution in [0.4, 0.5) is 5.82 Å². The molecule has 3 aromatic rings. The molecule has 0 saturated carbocycles. The predicted molar refractivity (Wildman–Crippen MR) is 110 cm³/mol. The first kappa shape index (κ1) is 20.4. The Morgan fingerprint density at radius 2 is 1.86 bits per heavy atom. The quantitative estimate of drug-likeness (QED) is 0.614. The zero-order valence-corrected chi connectivity index (χ0v) is 16.9. The molecule has 0 aliphatic carbocycles. The summed E-state index contributed by atoms with van der Waals surface area (Å²) >= 11 is 0. The highest BCUT2D eigenvalue weighted by Gasteiger charge is 2.25. The van der Waals surface area contributed by atoms with Crippen LogP contribution < -0.4 is 10.6 Å². The zero-order valence-electron chi connectivity index (χ0n) is 16.9. The third-order valence-electron chi connectivity index (χ3n) is 4.54. The van der Waals surface area contributed by atoms with Crippen molar-refractivity contribution >= 4 is 17.6 Å². The minimum Gasteiger partial charge on any atom is -0.464 e. The van der Waals surface area contributed by atoms with Gasteiger partial charge in [0.25, 0.3) is 0 Å². The Morgan fingerprint density at radius 1 is 1.10 bits per heavy atom. The van der Waals surface area contributed by atoms with Crippen LogP contribution in [0.1, 0.15) is 30.9 Å². The first-order valence-corrected chi connectivity index (χ1v) is 9.63. The van der Waals surface area contributed by atoms with E-state index in [1.54, 1.807) is 16.9 Å². The summed E-state index contributed by atoms with van der Waals surface area (Å²) in [7, 11) is 0. The van der Waals surface area contributed by atoms with Crippen LogP contribution in [0.3, 0.4) is 0 Å². The maximum atomic E-state index is 12.9. The standard InChI is InChI=1S/C22H26N4O3/c1-15(2)21(25-20(27)13-17-7-5-4-6-8-17)22(28)24-19-11-12-23-26(19)14-18-10-9-16(3)29-18/h4-12,15,21H,13-14H2,1-3H3,(H,24,28)(H,25,27). The van der Waals surface area contributed by atoms with E-state index in [-0.39, 0.29) is 24.2 Å². The van der Waals surface area contributed by atoms with E-state index < -0.39 is 6.04 Å². The third-order valence-corrected chi connectivity index (χ3v) is 4.54. The van der Waals surface area contributed by atoms with E-state index in [9.17, 15) is 9.59 Å². The van der Waals surface area contributed by atoms with E-state index in [1.807, 2.05) is 63.2 Å². The van der Waals surface area contributed by atoms with Crippen molar-refractivity contribution in [2.24, 2.45) is 5.92 Å². The number of amides is 2. The highest BCUT2D eigenvalue weighted by atomic mass is 16.3. The van der Waals surface area contributed by atoms with Crippen molar-refractivity contribution in [2.45, 2.75) is 39.8 Å². The number of furan rings is 1. The fourth-order valence-electron chi connectivity index (χ4n) is 3.03. The molecule has 1 atom stereocenters. The molecule has 0 aliphatic rings. The van der Waals surface area contributed by atoms with Crippen LogP contribution in [0.25, 0.3) is 0 Å². The number of nitrogens with zero attached hydrogens (tertiary/aromatic N) is 2. The van der Waals surface area contributed by atoms with Gasteiger partial charge in [-0.1, -0.05) is 44.2 Å². The molecular formula is C22H26N4O3. The van der Waals surface area contributed by atoms with Gasteiger partial charge in [-0.2, -0.15) is 5.10 Å². The maximum Gasteiger partial charge on any atom is 0.248 e. The number of hydrogen-bond donors (Lipinski definition) is 2. The lowest BCUT2D eigenvalue weighted by Gasteiger charge is -2.22. The van der Waals surface area contributed by atoms with Gasteiger partial charge >= 0.3 is 0 Å². The lowest BCUT2D eigenvalue weighted by atomic mass is 10.0. The van der Waals surface area contributed by atoms with Crippen LogP contribution in [0, 0.1) is 12.8 Å². The van der Waals surface area contributed by atoms with Gasteiger partial charge in [0.15, 0.2) is 0 Å². The Bertz CT molecular complexity index is 959. The molecule has 0 spiro atoms. The number of aromatic nitrogens is 2. The molecule has 0 saturated heterocycles. The van der Waals surface area contributed by atoms with E-state index in [0.29, 0.717) is 12.4 Å². The highest BCUT2D eigenvalue weighted by Crippen LogP contribution is 2.14. The van der Waals surface area contributed by atoms with Crippen molar-refractivity contribution in [3.8, 4) is 0 Å². The van der Waals surface area contributed by atoms with Gasteiger partial charge in [-0.15, -0.1) is 0 Å². The second kappa shape index (κ2) is 9.23. The molecule has 0 bridgehead atoms. The van der Waals surface area contributed by atoms with Gasteiger partial charge in [0.2, 0.25) is 11.8 Å². The first-order chi connectivity index (χ1) is 13.9. The van der Waals surface area contributed by atoms with Crippen LogP contribution in [0.15, 0.2) is 59.1 Å². The molecule has 0 aliphatic heterocycles. The minimum absolute atomic E-state index is 0.0705. The monoisotopic (exact) mass is 394 g/mol. The molecule has 7 heteroatoms. The Kier molecular flexibility index (Phi) is 6.49. The van der Waals surface area contributed by atoms with Crippen LogP contribution in [0.2, 0.25) is 0 Å². The number of carbonyl (C=O) groups is 2. The summed E-state index contributed by atoms with van der Waals surface area (Å²) in [5.41, 5.74) is 0.903. The molecule has 7 nitrogen and oxygen atoms in total. The number of hydrogen-bond acceptors (Lipinski definition) is 4. The highest BCUT2D eigenvalue weighted by molar-refractivity contribution is 5.97. The summed E-state index contributed by atoms with van der Waals surface area (Å²) < 4.78 is 7.23. The number of benzene rings is 1. The van der Waals surface area contributed by atoms with Crippen molar-refractivity contribution < 1.29 is 14.0 Å². The van der Waals surface area contributed by atoms with Crippen molar-refractivity contribution in [1.29, 1.82) is 0 Å². The molecule has 3 rings (SSSR count). The molecule has 1 unspecified atom stereocenters. The molecule has 2 amide bonds. The van der Waals surface area contributed by atoms with Gasteiger partial charge in [0.05, 0.1) is 12.6 Å². The molecule has 29 heavy (non-hydrogen) atoms. The fraction of sp³-hybridized carbons (Fsp3) is 0.318. The summed E-state index contributed by atoms with van der Waals surface area (Å²) in [6, 6.07) is 14.3. The number of anilines is 1. The van der Waals surface area contributed by atoms with Crippen molar-refractivity contribution in [2.75, 3.05) is 5.32 Å². The second-order valence-electron chi connectivity index (χ2n) is 7.33. The zero-order chi connectivity index (χ0) is 20.8. The van der Waals surface area contributed by atoms with Gasteiger partial charge in [-0.3, -0.25) is 9.59 Å². The van der Waals surface area contributed by atoms with Crippen LogP contribution in [0.5, 0.6) is 0 Å². The minimum atomic E-state index is -0.652. The average molecular weight is 394 g/mol. The first-order valence-electron chi connectivity index (χ1n) is 9.63. The summed E-state index contributed by atoms with van der Waals surface area (Å²) in [6.07, 6.45) is 1.84. The van der Waals surface area contributed by atoms with Gasteiger partial charge < -0.3 is 15.1 Å². The van der Waals surface area contributed by atoms with E-state index in [0.717, 1.165) is 17.1 Å². The molecular weight excluding hydrogens is 368 g/mol. The van der Waals surface area contributed by atoms with Crippen molar-refractivity contribution in [3.63, 3.8) is 0 Å². The van der Waals surface area contributed by atoms with Crippen LogP contribution in [-0.4, -0.2) is 27.6 Å². The number of aryl methyl sites for hydroxylation is 1. The molecule has 1 aromatic carbocycles. The van der Waals surface area contributed by atoms with Gasteiger partial charge in [-0.25, -0.2) is 4.68 Å². The van der Waals surface area contributed by atoms with Crippen molar-refractivity contribution in [3.05, 3.63) is 71.8 Å². The molecule has 2 aromatic heterocycles. The van der Waals surface area contributed by atoms with Gasteiger partial charge in [0, 0.05) is 6.07 Å². The molecule has 2 heterocycles. The van der Waals surface area contributed by atoms with E-state index in [4.69, 9.17) is 4.42 Å². The number of nitrogens with one attached hydrogen (secondary N) is 2. The Labute approximate surface area is 170 Å². The number of rotatable bonds is 8. The summed E-state index contributed by atoms with van der Waals surface area (Å²) in [4.78, 5) is 25.3. The SMILES string of the molecule is Cc1ccc(Cn2nccc2NC(=O)C(NC(=O)Cc2ccccc2)C(C)C)o1. The predicted octanol–water partition coefficient (Wildman–Crippen LogP) is 3.15. The summed E-state index contributed by atoms with van der Waals surface area (Å²) in [5, 5.41) is 9.97. The Hall–Kier alpha value is -3.35. The van der Waals surface area contributed by atoms with Crippen LogP contribution in [-0.2, 0) is 22.6 Å². The fourth-order valence-corrected chi connectivity index (χ4v) is 3.03. The average Bonchev–Trinajstić information content (AvgIpc) is 3.29. The maximum absolute atomic E-state index is 12.9. The topological polar surface area (TPSA) is 89.2 Å². The lowest BCUT2D eigenvalue weighted by Crippen LogP contribution is -2.47. The van der Waals surface area contributed by atoms with Crippen molar-refractivity contribution in [1.82, 2.24) is 15.1 Å². The molecule has 0 fully saturated rings. The van der Waals surface area contributed by atoms with Gasteiger partial charge in [-0.05, 0) is 30.5 Å². The van der Waals surface area contributed by atoms with E-state index >= 15 is 0 Å². The molecule has 2 N–H and O–H groups in total. The molecule has 0 radical (unpaired) electrons. The van der Waals surface area contributed by atoms with Gasteiger partial charge in [0.1, 0.15) is 29.9 Å².